The Bertz CT molecular complexity index is 1690. The number of aromatic nitrogens is 6. The lowest BCUT2D eigenvalue weighted by Gasteiger charge is -2.42. The highest BCUT2D eigenvalue weighted by atomic mass is 35.5. The molecule has 1 atom stereocenters. The molecule has 1 aliphatic heterocycles. The fourth-order valence-corrected chi connectivity index (χ4v) is 6.42. The van der Waals surface area contributed by atoms with Crippen molar-refractivity contribution in [2.24, 2.45) is 11.1 Å². The van der Waals surface area contributed by atoms with Crippen molar-refractivity contribution in [1.29, 1.82) is 0 Å². The van der Waals surface area contributed by atoms with Crippen LogP contribution in [0.1, 0.15) is 35.8 Å². The van der Waals surface area contributed by atoms with E-state index >= 15 is 0 Å². The van der Waals surface area contributed by atoms with Gasteiger partial charge in [0.2, 0.25) is 0 Å². The maximum Gasteiger partial charge on any atom is 0.155 e. The highest BCUT2D eigenvalue weighted by Crippen LogP contribution is 2.50. The van der Waals surface area contributed by atoms with Crippen molar-refractivity contribution in [3.63, 3.8) is 0 Å². The first-order valence-electron chi connectivity index (χ1n) is 12.3. The van der Waals surface area contributed by atoms with Gasteiger partial charge in [0, 0.05) is 42.8 Å². The second kappa shape index (κ2) is 8.16. The Morgan fingerprint density at radius 1 is 1.08 bits per heavy atom. The summed E-state index contributed by atoms with van der Waals surface area (Å²) in [4.78, 5) is 20.5. The average Bonchev–Trinajstić information content (AvgIpc) is 3.49. The first-order chi connectivity index (χ1) is 17.9. The van der Waals surface area contributed by atoms with Crippen LogP contribution < -0.4 is 10.6 Å². The molecule has 2 N–H and O–H groups in total. The maximum atomic E-state index is 13.8. The summed E-state index contributed by atoms with van der Waals surface area (Å²) in [6.45, 7) is 3.57. The van der Waals surface area contributed by atoms with Gasteiger partial charge in [0.1, 0.15) is 16.9 Å². The number of pyridine rings is 1. The molecule has 1 fully saturated rings. The number of hydrogen-bond acceptors (Lipinski definition) is 7. The van der Waals surface area contributed by atoms with Crippen LogP contribution in [-0.2, 0) is 6.42 Å². The normalized spacial score (nSPS) is 18.7. The lowest BCUT2D eigenvalue weighted by Crippen LogP contribution is -2.44. The first-order valence-corrected chi connectivity index (χ1v) is 12.7. The molecule has 5 heterocycles. The summed E-state index contributed by atoms with van der Waals surface area (Å²) < 4.78 is 15.7. The number of fused-ring (bicyclic) bond motifs is 3. The highest BCUT2D eigenvalue weighted by molar-refractivity contribution is 6.37. The second-order valence-electron chi connectivity index (χ2n) is 10.0. The van der Waals surface area contributed by atoms with Crippen molar-refractivity contribution in [3.05, 3.63) is 76.8 Å². The van der Waals surface area contributed by atoms with Gasteiger partial charge in [-0.15, -0.1) is 0 Å². The molecular weight excluding hydrogens is 491 g/mol. The van der Waals surface area contributed by atoms with E-state index in [9.17, 15) is 4.39 Å². The monoisotopic (exact) mass is 514 g/mol. The number of rotatable bonds is 2. The topological polar surface area (TPSA) is 98.1 Å². The summed E-state index contributed by atoms with van der Waals surface area (Å²) in [5.41, 5.74) is 13.1. The molecule has 186 valence electrons. The Morgan fingerprint density at radius 2 is 1.89 bits per heavy atom. The summed E-state index contributed by atoms with van der Waals surface area (Å²) in [5.74, 6) is 0.559. The van der Waals surface area contributed by atoms with E-state index in [1.54, 1.807) is 24.7 Å². The smallest absolute Gasteiger partial charge is 0.155 e. The van der Waals surface area contributed by atoms with Crippen LogP contribution in [0.15, 0.2) is 49.1 Å². The van der Waals surface area contributed by atoms with Gasteiger partial charge in [-0.2, -0.15) is 5.10 Å². The number of piperidine rings is 1. The molecule has 4 aromatic heterocycles. The van der Waals surface area contributed by atoms with Gasteiger partial charge in [-0.25, -0.2) is 13.9 Å². The fraction of sp³-hybridized carbons (Fsp3) is 0.296. The molecule has 0 bridgehead atoms. The van der Waals surface area contributed by atoms with Gasteiger partial charge in [0.25, 0.3) is 0 Å². The molecule has 2 aliphatic rings. The van der Waals surface area contributed by atoms with E-state index in [0.717, 1.165) is 77.4 Å². The lowest BCUT2D eigenvalue weighted by atomic mass is 9.73. The summed E-state index contributed by atoms with van der Waals surface area (Å²) in [7, 11) is 0. The molecule has 0 unspecified atom stereocenters. The molecule has 0 saturated carbocycles. The number of nitrogens with two attached hydrogens (primary N) is 1. The molecule has 1 aromatic carbocycles. The van der Waals surface area contributed by atoms with Crippen LogP contribution in [0, 0.1) is 18.2 Å². The quantitative estimate of drug-likeness (QED) is 0.365. The number of anilines is 1. The van der Waals surface area contributed by atoms with Crippen molar-refractivity contribution in [2.75, 3.05) is 18.0 Å². The predicted molar refractivity (Wildman–Crippen MR) is 140 cm³/mol. The van der Waals surface area contributed by atoms with Gasteiger partial charge in [-0.05, 0) is 61.4 Å². The van der Waals surface area contributed by atoms with E-state index in [1.165, 1.54) is 6.20 Å². The number of halogens is 2. The zero-order valence-electron chi connectivity index (χ0n) is 20.2. The van der Waals surface area contributed by atoms with E-state index in [-0.39, 0.29) is 17.3 Å². The van der Waals surface area contributed by atoms with Crippen molar-refractivity contribution in [1.82, 2.24) is 29.5 Å². The Hall–Kier alpha value is -3.69. The predicted octanol–water partition coefficient (Wildman–Crippen LogP) is 4.68. The fourth-order valence-electron chi connectivity index (χ4n) is 6.13. The number of aryl methyl sites for hydroxylation is 1. The Labute approximate surface area is 217 Å². The number of benzene rings is 1. The van der Waals surface area contributed by atoms with Crippen LogP contribution in [0.4, 0.5) is 10.2 Å². The second-order valence-corrected chi connectivity index (χ2v) is 10.4. The molecule has 5 aromatic rings. The minimum absolute atomic E-state index is 0.106. The molecule has 1 spiro atoms. The molecule has 1 saturated heterocycles. The molecule has 0 amide bonds. The third-order valence-electron chi connectivity index (χ3n) is 8.08. The van der Waals surface area contributed by atoms with E-state index in [1.807, 2.05) is 29.6 Å². The molecule has 10 heteroatoms. The standard InChI is InChI=1S/C27H24ClFN8/c1-15-24(17-2-3-19-23(22(17)28)32-9-8-31-19)37-21(4-7-34-37)26(35-15)36-10-5-27(6-11-36)13-20-18(25(27)30)12-16(29)14-33-20/h2-4,7-9,12,14,25H,5-6,10-11,13,30H2,1H3/t25-/m1/s1. The molecule has 1 aliphatic carbocycles. The van der Waals surface area contributed by atoms with Gasteiger partial charge in [0.05, 0.1) is 34.3 Å². The minimum Gasteiger partial charge on any atom is -0.355 e. The van der Waals surface area contributed by atoms with Gasteiger partial charge < -0.3 is 10.6 Å². The first kappa shape index (κ1) is 22.5. The van der Waals surface area contributed by atoms with Crippen molar-refractivity contribution < 1.29 is 4.39 Å². The lowest BCUT2D eigenvalue weighted by molar-refractivity contribution is 0.186. The Kier molecular flexibility index (Phi) is 4.96. The van der Waals surface area contributed by atoms with Gasteiger partial charge in [-0.1, -0.05) is 11.6 Å². The SMILES string of the molecule is Cc1nc(N2CCC3(CC2)Cc2ncc(F)cc2[C@H]3N)c2ccnn2c1-c1ccc2nccnc2c1Cl. The van der Waals surface area contributed by atoms with E-state index < -0.39 is 0 Å². The van der Waals surface area contributed by atoms with E-state index in [2.05, 4.69) is 25.0 Å². The van der Waals surface area contributed by atoms with E-state index in [0.29, 0.717) is 10.5 Å². The Balaban J connectivity index is 1.24. The minimum atomic E-state index is -0.329. The zero-order valence-corrected chi connectivity index (χ0v) is 21.0. The van der Waals surface area contributed by atoms with Crippen LogP contribution >= 0.6 is 11.6 Å². The summed E-state index contributed by atoms with van der Waals surface area (Å²) in [5, 5.41) is 5.17. The number of hydrogen-bond donors (Lipinski definition) is 1. The molecule has 37 heavy (non-hydrogen) atoms. The Morgan fingerprint density at radius 3 is 2.73 bits per heavy atom. The number of nitrogens with zero attached hydrogens (tertiary/aromatic N) is 7. The molecule has 8 nitrogen and oxygen atoms in total. The van der Waals surface area contributed by atoms with Crippen LogP contribution in [0.5, 0.6) is 0 Å². The van der Waals surface area contributed by atoms with Crippen LogP contribution in [0.25, 0.3) is 27.8 Å². The largest absolute Gasteiger partial charge is 0.355 e. The van der Waals surface area contributed by atoms with Crippen LogP contribution in [0.2, 0.25) is 5.02 Å². The summed E-state index contributed by atoms with van der Waals surface area (Å²) >= 11 is 6.81. The third kappa shape index (κ3) is 3.34. The van der Waals surface area contributed by atoms with Gasteiger partial charge in [0.15, 0.2) is 5.82 Å². The molecular formula is C27H24ClFN8. The van der Waals surface area contributed by atoms with Crippen LogP contribution in [0.3, 0.4) is 0 Å². The zero-order chi connectivity index (χ0) is 25.3. The van der Waals surface area contributed by atoms with Crippen molar-refractivity contribution >= 4 is 34.0 Å². The average molecular weight is 515 g/mol. The molecule has 7 rings (SSSR count). The highest BCUT2D eigenvalue weighted by Gasteiger charge is 2.47. The van der Waals surface area contributed by atoms with Crippen molar-refractivity contribution in [2.45, 2.75) is 32.2 Å². The maximum absolute atomic E-state index is 13.8. The van der Waals surface area contributed by atoms with Gasteiger partial charge >= 0.3 is 0 Å². The summed E-state index contributed by atoms with van der Waals surface area (Å²) in [6.07, 6.45) is 8.91. The summed E-state index contributed by atoms with van der Waals surface area (Å²) in [6, 6.07) is 7.19. The van der Waals surface area contributed by atoms with E-state index in [4.69, 9.17) is 22.3 Å². The van der Waals surface area contributed by atoms with Crippen LogP contribution in [-0.4, -0.2) is 42.6 Å². The van der Waals surface area contributed by atoms with Crippen molar-refractivity contribution in [3.8, 4) is 11.3 Å². The third-order valence-corrected chi connectivity index (χ3v) is 8.46. The molecule has 0 radical (unpaired) electrons. The van der Waals surface area contributed by atoms with Gasteiger partial charge in [-0.3, -0.25) is 15.0 Å².